The van der Waals surface area contributed by atoms with Crippen molar-refractivity contribution in [1.82, 2.24) is 0 Å². The Kier molecular flexibility index (Phi) is 3.67. The summed E-state index contributed by atoms with van der Waals surface area (Å²) in [6.45, 7) is 2.38. The first-order chi connectivity index (χ1) is 6.74. The lowest BCUT2D eigenvalue weighted by Crippen LogP contribution is -1.93. The topological polar surface area (TPSA) is 52.4 Å². The van der Waals surface area contributed by atoms with Gasteiger partial charge in [0.2, 0.25) is 0 Å². The second-order valence-electron chi connectivity index (χ2n) is 2.63. The van der Waals surface area contributed by atoms with Gasteiger partial charge in [0.05, 0.1) is 4.92 Å². The molecule has 1 aromatic rings. The average molecular weight is 193 g/mol. The lowest BCUT2D eigenvalue weighted by Gasteiger charge is -2.01. The van der Waals surface area contributed by atoms with Crippen LogP contribution in [0.3, 0.4) is 0 Å². The van der Waals surface area contributed by atoms with E-state index in [1.165, 1.54) is 12.1 Å². The Morgan fingerprint density at radius 1 is 1.43 bits per heavy atom. The quantitative estimate of drug-likeness (QED) is 0.419. The maximum absolute atomic E-state index is 10.3. The van der Waals surface area contributed by atoms with Crippen LogP contribution < -0.4 is 4.74 Å². The van der Waals surface area contributed by atoms with Crippen molar-refractivity contribution in [1.29, 1.82) is 0 Å². The standard InChI is InChI=1S/C10H11NO3/c1-2-3-8-14-10-6-4-9(5-7-10)11(12)13/h2-7H,8H2,1H3. The number of hydrogen-bond acceptors (Lipinski definition) is 3. The summed E-state index contributed by atoms with van der Waals surface area (Å²) in [5.74, 6) is 0.633. The van der Waals surface area contributed by atoms with Gasteiger partial charge >= 0.3 is 0 Å². The molecule has 0 bridgehead atoms. The summed E-state index contributed by atoms with van der Waals surface area (Å²) in [4.78, 5) is 9.89. The van der Waals surface area contributed by atoms with Crippen LogP contribution in [-0.4, -0.2) is 11.5 Å². The predicted molar refractivity (Wildman–Crippen MR) is 53.4 cm³/mol. The highest BCUT2D eigenvalue weighted by atomic mass is 16.6. The molecule has 4 heteroatoms. The summed E-state index contributed by atoms with van der Waals surface area (Å²) in [5.41, 5.74) is 0.0726. The molecule has 0 unspecified atom stereocenters. The third-order valence-electron chi connectivity index (χ3n) is 1.63. The molecule has 1 rings (SSSR count). The average Bonchev–Trinajstić information content (AvgIpc) is 2.19. The maximum atomic E-state index is 10.3. The summed E-state index contributed by atoms with van der Waals surface area (Å²) in [6, 6.07) is 6.01. The molecule has 0 aliphatic carbocycles. The normalized spacial score (nSPS) is 10.4. The third-order valence-corrected chi connectivity index (χ3v) is 1.63. The van der Waals surface area contributed by atoms with Gasteiger partial charge in [0.15, 0.2) is 0 Å². The Labute approximate surface area is 82.0 Å². The highest BCUT2D eigenvalue weighted by molar-refractivity contribution is 5.35. The molecule has 14 heavy (non-hydrogen) atoms. The lowest BCUT2D eigenvalue weighted by molar-refractivity contribution is -0.384. The molecule has 0 aliphatic heterocycles. The number of nitro benzene ring substituents is 1. The van der Waals surface area contributed by atoms with Crippen LogP contribution in [0.25, 0.3) is 0 Å². The van der Waals surface area contributed by atoms with E-state index >= 15 is 0 Å². The molecule has 1 aromatic carbocycles. The molecule has 0 saturated heterocycles. The SMILES string of the molecule is CC=CCOc1ccc([N+](=O)[O-])cc1. The van der Waals surface area contributed by atoms with Gasteiger partial charge in [-0.15, -0.1) is 0 Å². The highest BCUT2D eigenvalue weighted by Gasteiger charge is 2.03. The number of nitrogens with zero attached hydrogens (tertiary/aromatic N) is 1. The Morgan fingerprint density at radius 3 is 2.57 bits per heavy atom. The first-order valence-corrected chi connectivity index (χ1v) is 4.22. The largest absolute Gasteiger partial charge is 0.490 e. The van der Waals surface area contributed by atoms with E-state index in [9.17, 15) is 10.1 Å². The molecular formula is C10H11NO3. The van der Waals surface area contributed by atoms with Crippen molar-refractivity contribution in [3.8, 4) is 5.75 Å². The van der Waals surface area contributed by atoms with Crippen LogP contribution in [0.2, 0.25) is 0 Å². The van der Waals surface area contributed by atoms with Crippen molar-refractivity contribution < 1.29 is 9.66 Å². The fraction of sp³-hybridized carbons (Fsp3) is 0.200. The zero-order valence-corrected chi connectivity index (χ0v) is 7.84. The lowest BCUT2D eigenvalue weighted by atomic mass is 10.3. The summed E-state index contributed by atoms with van der Waals surface area (Å²) < 4.78 is 5.27. The van der Waals surface area contributed by atoms with E-state index in [-0.39, 0.29) is 5.69 Å². The third kappa shape index (κ3) is 2.90. The molecule has 0 N–H and O–H groups in total. The number of benzene rings is 1. The van der Waals surface area contributed by atoms with Gasteiger partial charge < -0.3 is 4.74 Å². The summed E-state index contributed by atoms with van der Waals surface area (Å²) in [6.07, 6.45) is 3.74. The van der Waals surface area contributed by atoms with E-state index in [1.54, 1.807) is 12.1 Å². The summed E-state index contributed by atoms with van der Waals surface area (Å²) >= 11 is 0. The van der Waals surface area contributed by atoms with Crippen LogP contribution in [0.5, 0.6) is 5.75 Å². The van der Waals surface area contributed by atoms with Crippen LogP contribution in [-0.2, 0) is 0 Å². The van der Waals surface area contributed by atoms with Crippen molar-refractivity contribution in [3.05, 3.63) is 46.5 Å². The van der Waals surface area contributed by atoms with E-state index in [4.69, 9.17) is 4.74 Å². The molecule has 4 nitrogen and oxygen atoms in total. The van der Waals surface area contributed by atoms with Gasteiger partial charge in [-0.1, -0.05) is 12.2 Å². The summed E-state index contributed by atoms with van der Waals surface area (Å²) in [7, 11) is 0. The van der Waals surface area contributed by atoms with Crippen LogP contribution >= 0.6 is 0 Å². The monoisotopic (exact) mass is 193 g/mol. The van der Waals surface area contributed by atoms with E-state index in [1.807, 2.05) is 19.1 Å². The van der Waals surface area contributed by atoms with Crippen molar-refractivity contribution >= 4 is 5.69 Å². The van der Waals surface area contributed by atoms with E-state index < -0.39 is 4.92 Å². The van der Waals surface area contributed by atoms with Crippen LogP contribution in [0.15, 0.2) is 36.4 Å². The minimum Gasteiger partial charge on any atom is -0.490 e. The predicted octanol–water partition coefficient (Wildman–Crippen LogP) is 2.55. The molecule has 0 saturated carbocycles. The molecule has 74 valence electrons. The van der Waals surface area contributed by atoms with Gasteiger partial charge in [0.1, 0.15) is 12.4 Å². The maximum Gasteiger partial charge on any atom is 0.269 e. The second-order valence-corrected chi connectivity index (χ2v) is 2.63. The molecule has 0 aliphatic rings. The number of rotatable bonds is 4. The van der Waals surface area contributed by atoms with Crippen LogP contribution in [0.1, 0.15) is 6.92 Å². The van der Waals surface area contributed by atoms with Gasteiger partial charge in [0, 0.05) is 12.1 Å². The fourth-order valence-corrected chi connectivity index (χ4v) is 0.905. The van der Waals surface area contributed by atoms with Gasteiger partial charge in [-0.2, -0.15) is 0 Å². The minimum absolute atomic E-state index is 0.0726. The molecule has 0 fully saturated rings. The molecule has 0 atom stereocenters. The van der Waals surface area contributed by atoms with Crippen LogP contribution in [0.4, 0.5) is 5.69 Å². The number of nitro groups is 1. The summed E-state index contributed by atoms with van der Waals surface area (Å²) in [5, 5.41) is 10.3. The number of allylic oxidation sites excluding steroid dienone is 1. The van der Waals surface area contributed by atoms with E-state index in [2.05, 4.69) is 0 Å². The minimum atomic E-state index is -0.435. The van der Waals surface area contributed by atoms with Crippen molar-refractivity contribution in [3.63, 3.8) is 0 Å². The highest BCUT2D eigenvalue weighted by Crippen LogP contribution is 2.16. The first-order valence-electron chi connectivity index (χ1n) is 4.22. The van der Waals surface area contributed by atoms with Gasteiger partial charge in [-0.3, -0.25) is 10.1 Å². The number of non-ortho nitro benzene ring substituents is 1. The van der Waals surface area contributed by atoms with Crippen molar-refractivity contribution in [2.24, 2.45) is 0 Å². The molecule has 0 radical (unpaired) electrons. The molecular weight excluding hydrogens is 182 g/mol. The van der Waals surface area contributed by atoms with Gasteiger partial charge in [0.25, 0.3) is 5.69 Å². The number of hydrogen-bond donors (Lipinski definition) is 0. The van der Waals surface area contributed by atoms with E-state index in [0.717, 1.165) is 0 Å². The zero-order chi connectivity index (χ0) is 10.4. The molecule has 0 spiro atoms. The van der Waals surface area contributed by atoms with Gasteiger partial charge in [-0.25, -0.2) is 0 Å². The smallest absolute Gasteiger partial charge is 0.269 e. The molecule has 0 amide bonds. The first kappa shape index (κ1) is 10.2. The Bertz CT molecular complexity index is 330. The van der Waals surface area contributed by atoms with Crippen molar-refractivity contribution in [2.75, 3.05) is 6.61 Å². The van der Waals surface area contributed by atoms with Crippen LogP contribution in [0, 0.1) is 10.1 Å². The van der Waals surface area contributed by atoms with Crippen molar-refractivity contribution in [2.45, 2.75) is 6.92 Å². The second kappa shape index (κ2) is 5.01. The Morgan fingerprint density at radius 2 is 2.07 bits per heavy atom. The molecule has 0 aromatic heterocycles. The fourth-order valence-electron chi connectivity index (χ4n) is 0.905. The van der Waals surface area contributed by atoms with Gasteiger partial charge in [-0.05, 0) is 19.1 Å². The Hall–Kier alpha value is -1.84. The Balaban J connectivity index is 2.59. The number of ether oxygens (including phenoxy) is 1. The van der Waals surface area contributed by atoms with E-state index in [0.29, 0.717) is 12.4 Å². The molecule has 0 heterocycles. The zero-order valence-electron chi connectivity index (χ0n) is 7.84.